The van der Waals surface area contributed by atoms with E-state index in [2.05, 4.69) is 0 Å². The molecule has 5 rings (SSSR count). The maximum absolute atomic E-state index is 12.7. The summed E-state index contributed by atoms with van der Waals surface area (Å²) in [6.45, 7) is 6.67. The van der Waals surface area contributed by atoms with Crippen molar-refractivity contribution < 1.29 is 39.4 Å². The van der Waals surface area contributed by atoms with E-state index in [1.165, 1.54) is 12.1 Å². The molecule has 0 radical (unpaired) electrons. The second-order valence-electron chi connectivity index (χ2n) is 10.4. The summed E-state index contributed by atoms with van der Waals surface area (Å²) in [5, 5.41) is 42.0. The first-order chi connectivity index (χ1) is 16.3. The zero-order valence-corrected chi connectivity index (χ0v) is 20.0. The molecule has 0 spiro atoms. The Kier molecular flexibility index (Phi) is 5.16. The molecule has 3 heterocycles. The zero-order valence-electron chi connectivity index (χ0n) is 20.0. The van der Waals surface area contributed by atoms with Gasteiger partial charge < -0.3 is 34.6 Å². The van der Waals surface area contributed by atoms with Crippen LogP contribution in [0, 0.1) is 0 Å². The standard InChI is InChI=1S/C27H28O8/c1-26(2,31)21-10-14-7-13(5-6-18(14)33-21)8-20-24(29)23(25(30)35-20)16-9-15-11-22(27(3,4)32)34-19(15)12-17(16)28/h5-9,12,21-22,28-29,31-32H,10-11H2,1-4H3/b20-8-. The molecule has 0 bridgehead atoms. The Morgan fingerprint density at radius 3 is 2.11 bits per heavy atom. The van der Waals surface area contributed by atoms with Crippen LogP contribution < -0.4 is 9.47 Å². The number of phenols is 1. The minimum atomic E-state index is -1.09. The van der Waals surface area contributed by atoms with Gasteiger partial charge in [-0.3, -0.25) is 0 Å². The predicted molar refractivity (Wildman–Crippen MR) is 127 cm³/mol. The lowest BCUT2D eigenvalue weighted by Gasteiger charge is -2.24. The van der Waals surface area contributed by atoms with Crippen LogP contribution in [0.2, 0.25) is 0 Å². The van der Waals surface area contributed by atoms with Crippen molar-refractivity contribution in [3.63, 3.8) is 0 Å². The van der Waals surface area contributed by atoms with Crippen LogP contribution >= 0.6 is 0 Å². The number of rotatable bonds is 4. The van der Waals surface area contributed by atoms with Gasteiger partial charge in [-0.15, -0.1) is 0 Å². The summed E-state index contributed by atoms with van der Waals surface area (Å²) in [5.74, 6) is -0.341. The van der Waals surface area contributed by atoms with Gasteiger partial charge in [0.15, 0.2) is 11.5 Å². The summed E-state index contributed by atoms with van der Waals surface area (Å²) < 4.78 is 16.9. The second kappa shape index (κ2) is 7.76. The summed E-state index contributed by atoms with van der Waals surface area (Å²) in [7, 11) is 0. The van der Waals surface area contributed by atoms with Crippen LogP contribution in [0.1, 0.15) is 49.9 Å². The number of hydrogen-bond donors (Lipinski definition) is 4. The van der Waals surface area contributed by atoms with Gasteiger partial charge in [0.05, 0.1) is 11.2 Å². The van der Waals surface area contributed by atoms with Gasteiger partial charge >= 0.3 is 5.97 Å². The molecule has 8 nitrogen and oxygen atoms in total. The third-order valence-electron chi connectivity index (χ3n) is 6.63. The zero-order chi connectivity index (χ0) is 25.3. The molecule has 0 aliphatic carbocycles. The molecule has 0 amide bonds. The molecule has 0 saturated carbocycles. The van der Waals surface area contributed by atoms with Crippen molar-refractivity contribution in [2.24, 2.45) is 0 Å². The number of hydrogen-bond acceptors (Lipinski definition) is 8. The normalized spacial score (nSPS) is 22.7. The van der Waals surface area contributed by atoms with Crippen molar-refractivity contribution >= 4 is 17.6 Å². The third-order valence-corrected chi connectivity index (χ3v) is 6.63. The van der Waals surface area contributed by atoms with E-state index in [0.717, 1.165) is 5.56 Å². The van der Waals surface area contributed by atoms with E-state index in [4.69, 9.17) is 14.2 Å². The topological polar surface area (TPSA) is 126 Å². The number of carbonyl (C=O) groups is 1. The van der Waals surface area contributed by atoms with Crippen LogP contribution in [-0.2, 0) is 22.4 Å². The predicted octanol–water partition coefficient (Wildman–Crippen LogP) is 3.41. The smallest absolute Gasteiger partial charge is 0.348 e. The van der Waals surface area contributed by atoms with Crippen LogP contribution in [-0.4, -0.2) is 49.8 Å². The summed E-state index contributed by atoms with van der Waals surface area (Å²) in [6, 6.07) is 8.35. The maximum atomic E-state index is 12.7. The van der Waals surface area contributed by atoms with E-state index in [9.17, 15) is 25.2 Å². The molecular weight excluding hydrogens is 452 g/mol. The quantitative estimate of drug-likeness (QED) is 0.491. The molecule has 0 aromatic heterocycles. The van der Waals surface area contributed by atoms with Crippen molar-refractivity contribution in [1.29, 1.82) is 0 Å². The highest BCUT2D eigenvalue weighted by Crippen LogP contribution is 2.43. The van der Waals surface area contributed by atoms with Gasteiger partial charge in [0.25, 0.3) is 0 Å². The summed E-state index contributed by atoms with van der Waals surface area (Å²) in [4.78, 5) is 12.7. The highest BCUT2D eigenvalue weighted by Gasteiger charge is 2.38. The highest BCUT2D eigenvalue weighted by atomic mass is 16.6. The molecule has 35 heavy (non-hydrogen) atoms. The average molecular weight is 481 g/mol. The van der Waals surface area contributed by atoms with Gasteiger partial charge in [0.2, 0.25) is 0 Å². The van der Waals surface area contributed by atoms with Gasteiger partial charge in [-0.25, -0.2) is 4.79 Å². The molecule has 2 aromatic rings. The number of aliphatic hydroxyl groups is 3. The Morgan fingerprint density at radius 1 is 0.886 bits per heavy atom. The largest absolute Gasteiger partial charge is 0.507 e. The number of carbonyl (C=O) groups excluding carboxylic acids is 1. The number of phenolic OH excluding ortho intramolecular Hbond substituents is 1. The minimum Gasteiger partial charge on any atom is -0.507 e. The Bertz CT molecular complexity index is 1290. The second-order valence-corrected chi connectivity index (χ2v) is 10.4. The van der Waals surface area contributed by atoms with Gasteiger partial charge in [-0.2, -0.15) is 0 Å². The van der Waals surface area contributed by atoms with Gasteiger partial charge in [-0.1, -0.05) is 6.07 Å². The molecule has 0 saturated heterocycles. The highest BCUT2D eigenvalue weighted by molar-refractivity contribution is 6.21. The molecule has 184 valence electrons. The fourth-order valence-corrected chi connectivity index (χ4v) is 4.53. The van der Waals surface area contributed by atoms with Crippen LogP contribution in [0.4, 0.5) is 0 Å². The first kappa shape index (κ1) is 23.3. The number of fused-ring (bicyclic) bond motifs is 2. The Labute approximate surface area is 202 Å². The van der Waals surface area contributed by atoms with E-state index < -0.39 is 23.3 Å². The van der Waals surface area contributed by atoms with E-state index in [1.54, 1.807) is 45.9 Å². The number of benzene rings is 2. The SMILES string of the molecule is CC(C)(O)C1Cc2cc(/C=C3\OC(=O)C(c4cc5c(cc4O)OC(C(C)(C)O)C5)=C3O)ccc2O1. The molecule has 2 unspecified atom stereocenters. The Hall–Kier alpha value is -3.49. The van der Waals surface area contributed by atoms with Crippen molar-refractivity contribution in [1.82, 2.24) is 0 Å². The van der Waals surface area contributed by atoms with Crippen LogP contribution in [0.5, 0.6) is 17.2 Å². The molecule has 4 N–H and O–H groups in total. The van der Waals surface area contributed by atoms with Gasteiger partial charge in [0.1, 0.15) is 35.0 Å². The fourth-order valence-electron chi connectivity index (χ4n) is 4.53. The Morgan fingerprint density at radius 2 is 1.49 bits per heavy atom. The van der Waals surface area contributed by atoms with E-state index in [0.29, 0.717) is 35.5 Å². The van der Waals surface area contributed by atoms with Crippen LogP contribution in [0.25, 0.3) is 11.6 Å². The van der Waals surface area contributed by atoms with Crippen LogP contribution in [0.3, 0.4) is 0 Å². The summed E-state index contributed by atoms with van der Waals surface area (Å²) in [5.41, 5.74) is 0.183. The number of cyclic esters (lactones) is 1. The number of ether oxygens (including phenoxy) is 3. The van der Waals surface area contributed by atoms with Crippen molar-refractivity contribution in [3.05, 3.63) is 64.1 Å². The average Bonchev–Trinajstić information content (AvgIpc) is 3.42. The molecule has 3 aliphatic heterocycles. The minimum absolute atomic E-state index is 0.0339. The van der Waals surface area contributed by atoms with E-state index in [1.807, 2.05) is 6.07 Å². The third kappa shape index (κ3) is 4.13. The lowest BCUT2D eigenvalue weighted by molar-refractivity contribution is -0.131. The van der Waals surface area contributed by atoms with Crippen molar-refractivity contribution in [3.8, 4) is 17.2 Å². The lowest BCUT2D eigenvalue weighted by atomic mass is 9.95. The summed E-state index contributed by atoms with van der Waals surface area (Å²) >= 11 is 0. The lowest BCUT2D eigenvalue weighted by Crippen LogP contribution is -2.39. The molecule has 2 aromatic carbocycles. The molecule has 0 fully saturated rings. The van der Waals surface area contributed by atoms with Crippen LogP contribution in [0.15, 0.2) is 41.9 Å². The molecule has 2 atom stereocenters. The molecule has 3 aliphatic rings. The Balaban J connectivity index is 1.45. The maximum Gasteiger partial charge on any atom is 0.348 e. The number of aromatic hydroxyl groups is 1. The van der Waals surface area contributed by atoms with E-state index in [-0.39, 0.29) is 34.5 Å². The number of aliphatic hydroxyl groups excluding tert-OH is 1. The number of esters is 1. The fraction of sp³-hybridized carbons (Fsp3) is 0.370. The molecular formula is C27H28O8. The first-order valence-electron chi connectivity index (χ1n) is 11.5. The van der Waals surface area contributed by atoms with Crippen molar-refractivity contribution in [2.45, 2.75) is 63.9 Å². The van der Waals surface area contributed by atoms with E-state index >= 15 is 0 Å². The van der Waals surface area contributed by atoms with Gasteiger partial charge in [0, 0.05) is 24.5 Å². The monoisotopic (exact) mass is 480 g/mol. The van der Waals surface area contributed by atoms with Gasteiger partial charge in [-0.05, 0) is 68.7 Å². The molecule has 8 heteroatoms. The first-order valence-corrected chi connectivity index (χ1v) is 11.5. The summed E-state index contributed by atoms with van der Waals surface area (Å²) in [6.07, 6.45) is 1.59. The van der Waals surface area contributed by atoms with Crippen molar-refractivity contribution in [2.75, 3.05) is 0 Å².